The van der Waals surface area contributed by atoms with Crippen molar-refractivity contribution in [3.63, 3.8) is 0 Å². The number of aromatic amines is 1. The largest absolute Gasteiger partial charge is 0.464 e. The molecule has 0 aliphatic heterocycles. The van der Waals surface area contributed by atoms with Gasteiger partial charge in [-0.1, -0.05) is 5.10 Å². The van der Waals surface area contributed by atoms with Crippen LogP contribution in [-0.2, 0) is 14.3 Å². The Hall–Kier alpha value is -2.19. The number of aromatic nitrogens is 4. The second-order valence-corrected chi connectivity index (χ2v) is 3.26. The monoisotopic (exact) mass is 240 g/mol. The van der Waals surface area contributed by atoms with Crippen molar-refractivity contribution in [2.75, 3.05) is 6.61 Å². The molecular weight excluding hydrogens is 228 g/mol. The summed E-state index contributed by atoms with van der Waals surface area (Å²) >= 11 is 0. The maximum atomic E-state index is 11.6. The van der Waals surface area contributed by atoms with Gasteiger partial charge in [0.2, 0.25) is 5.54 Å². The van der Waals surface area contributed by atoms with Gasteiger partial charge in [-0.3, -0.25) is 4.79 Å². The molecule has 0 fully saturated rings. The Balaban J connectivity index is 2.93. The third kappa shape index (κ3) is 2.89. The van der Waals surface area contributed by atoms with E-state index in [0.29, 0.717) is 0 Å². The highest BCUT2D eigenvalue weighted by atomic mass is 16.5. The number of ketones is 1. The van der Waals surface area contributed by atoms with Gasteiger partial charge in [-0.2, -0.15) is 10.3 Å². The Kier molecular flexibility index (Phi) is 3.96. The number of azo groups is 1. The molecule has 1 aromatic rings. The summed E-state index contributed by atoms with van der Waals surface area (Å²) in [5, 5.41) is 19.6. The maximum absolute atomic E-state index is 11.6. The van der Waals surface area contributed by atoms with Gasteiger partial charge < -0.3 is 4.74 Å². The number of ether oxygens (including phenoxy) is 1. The van der Waals surface area contributed by atoms with Gasteiger partial charge in [0.25, 0.3) is 0 Å². The normalized spacial score (nSPS) is 14.5. The van der Waals surface area contributed by atoms with E-state index in [9.17, 15) is 9.59 Å². The predicted molar refractivity (Wildman–Crippen MR) is 54.4 cm³/mol. The Labute approximate surface area is 96.6 Å². The van der Waals surface area contributed by atoms with E-state index in [4.69, 9.17) is 4.74 Å². The number of tetrazole rings is 1. The number of rotatable bonds is 5. The molecule has 0 aromatic carbocycles. The van der Waals surface area contributed by atoms with E-state index >= 15 is 0 Å². The van der Waals surface area contributed by atoms with Crippen LogP contribution in [0.15, 0.2) is 10.2 Å². The fourth-order valence-electron chi connectivity index (χ4n) is 0.870. The lowest BCUT2D eigenvalue weighted by Gasteiger charge is -2.17. The zero-order valence-corrected chi connectivity index (χ0v) is 9.67. The molecule has 1 heterocycles. The van der Waals surface area contributed by atoms with Crippen LogP contribution in [-0.4, -0.2) is 44.5 Å². The van der Waals surface area contributed by atoms with Gasteiger partial charge in [0.05, 0.1) is 6.61 Å². The van der Waals surface area contributed by atoms with E-state index in [1.807, 2.05) is 0 Å². The predicted octanol–water partition coefficient (Wildman–Crippen LogP) is 0.194. The molecular formula is C8H12N6O3. The number of H-pyrrole nitrogens is 1. The first-order chi connectivity index (χ1) is 8.00. The lowest BCUT2D eigenvalue weighted by Crippen LogP contribution is -2.41. The van der Waals surface area contributed by atoms with Crippen LogP contribution in [0.25, 0.3) is 0 Å². The van der Waals surface area contributed by atoms with E-state index in [1.165, 1.54) is 13.8 Å². The molecule has 0 spiro atoms. The summed E-state index contributed by atoms with van der Waals surface area (Å²) in [5.74, 6) is -1.32. The minimum absolute atomic E-state index is 0.0678. The number of hydrogen-bond donors (Lipinski definition) is 1. The van der Waals surface area contributed by atoms with Gasteiger partial charge in [0, 0.05) is 0 Å². The van der Waals surface area contributed by atoms with Crippen LogP contribution in [0.4, 0.5) is 5.95 Å². The number of esters is 1. The molecule has 1 rings (SSSR count). The minimum Gasteiger partial charge on any atom is -0.464 e. The van der Waals surface area contributed by atoms with Gasteiger partial charge in [-0.05, 0) is 26.0 Å². The van der Waals surface area contributed by atoms with E-state index in [-0.39, 0.29) is 12.6 Å². The zero-order chi connectivity index (χ0) is 12.9. The van der Waals surface area contributed by atoms with Gasteiger partial charge in [0.15, 0.2) is 5.78 Å². The number of hydrogen-bond acceptors (Lipinski definition) is 8. The fraction of sp³-hybridized carbons (Fsp3) is 0.625. The highest BCUT2D eigenvalue weighted by Crippen LogP contribution is 2.17. The summed E-state index contributed by atoms with van der Waals surface area (Å²) in [5.41, 5.74) is -1.68. The van der Waals surface area contributed by atoms with Gasteiger partial charge in [0.1, 0.15) is 0 Å². The Bertz CT molecular complexity index is 428. The van der Waals surface area contributed by atoms with Crippen molar-refractivity contribution < 1.29 is 14.3 Å². The number of Topliss-reactive ketones (excluding diaryl/α,β-unsaturated/α-hetero) is 1. The van der Waals surface area contributed by atoms with Crippen LogP contribution in [0.3, 0.4) is 0 Å². The highest BCUT2D eigenvalue weighted by Gasteiger charge is 2.40. The molecule has 0 bridgehead atoms. The molecule has 0 aliphatic carbocycles. The maximum Gasteiger partial charge on any atom is 0.343 e. The number of nitrogens with one attached hydrogen (secondary N) is 1. The highest BCUT2D eigenvalue weighted by molar-refractivity contribution is 6.07. The number of carbonyl (C=O) groups excluding carboxylic acids is 2. The first-order valence-electron chi connectivity index (χ1n) is 4.85. The van der Waals surface area contributed by atoms with Crippen LogP contribution < -0.4 is 0 Å². The Morgan fingerprint density at radius 2 is 2.24 bits per heavy atom. The van der Waals surface area contributed by atoms with Gasteiger partial charge in [-0.15, -0.1) is 10.2 Å². The fourth-order valence-corrected chi connectivity index (χ4v) is 0.870. The Morgan fingerprint density at radius 1 is 1.53 bits per heavy atom. The van der Waals surface area contributed by atoms with Crippen molar-refractivity contribution >= 4 is 17.7 Å². The lowest BCUT2D eigenvalue weighted by atomic mass is 9.99. The summed E-state index contributed by atoms with van der Waals surface area (Å²) in [4.78, 5) is 23.0. The molecule has 1 atom stereocenters. The molecule has 17 heavy (non-hydrogen) atoms. The Morgan fingerprint density at radius 3 is 2.71 bits per heavy atom. The molecule has 1 unspecified atom stereocenters. The summed E-state index contributed by atoms with van der Waals surface area (Å²) in [7, 11) is 0. The summed E-state index contributed by atoms with van der Waals surface area (Å²) in [6.45, 7) is 4.33. The molecule has 9 heteroatoms. The van der Waals surface area contributed by atoms with E-state index in [0.717, 1.165) is 0 Å². The smallest absolute Gasteiger partial charge is 0.343 e. The molecule has 0 saturated carbocycles. The van der Waals surface area contributed by atoms with Crippen molar-refractivity contribution in [1.82, 2.24) is 20.6 Å². The molecule has 1 aromatic heterocycles. The third-order valence-corrected chi connectivity index (χ3v) is 2.03. The first kappa shape index (κ1) is 12.9. The quantitative estimate of drug-likeness (QED) is 0.445. The molecule has 0 amide bonds. The zero-order valence-electron chi connectivity index (χ0n) is 9.67. The molecule has 1 N–H and O–H groups in total. The minimum atomic E-state index is -1.68. The van der Waals surface area contributed by atoms with Crippen LogP contribution in [0, 0.1) is 0 Å². The van der Waals surface area contributed by atoms with Gasteiger partial charge in [-0.25, -0.2) is 4.79 Å². The molecule has 0 aliphatic rings. The van der Waals surface area contributed by atoms with Crippen molar-refractivity contribution in [1.29, 1.82) is 0 Å². The standard InChI is InChI=1S/C8H12N6O3/c1-4-17-6(16)8(3,5(2)15)12-9-7-10-13-14-11-7/h4H2,1-3H3,(H,10,11,13,14). The average Bonchev–Trinajstić information content (AvgIpc) is 2.78. The van der Waals surface area contributed by atoms with Crippen LogP contribution >= 0.6 is 0 Å². The van der Waals surface area contributed by atoms with Crippen LogP contribution in [0.5, 0.6) is 0 Å². The van der Waals surface area contributed by atoms with Crippen molar-refractivity contribution in [2.45, 2.75) is 26.3 Å². The third-order valence-electron chi connectivity index (χ3n) is 2.03. The van der Waals surface area contributed by atoms with Gasteiger partial charge >= 0.3 is 11.9 Å². The van der Waals surface area contributed by atoms with E-state index in [1.54, 1.807) is 6.92 Å². The summed E-state index contributed by atoms with van der Waals surface area (Å²) in [6.07, 6.45) is 0. The molecule has 0 radical (unpaired) electrons. The van der Waals surface area contributed by atoms with Crippen molar-refractivity contribution in [2.24, 2.45) is 10.2 Å². The number of nitrogens with zero attached hydrogens (tertiary/aromatic N) is 5. The van der Waals surface area contributed by atoms with E-state index in [2.05, 4.69) is 30.9 Å². The average molecular weight is 240 g/mol. The van der Waals surface area contributed by atoms with Crippen LogP contribution in [0.2, 0.25) is 0 Å². The molecule has 9 nitrogen and oxygen atoms in total. The first-order valence-corrected chi connectivity index (χ1v) is 4.85. The van der Waals surface area contributed by atoms with E-state index < -0.39 is 17.3 Å². The van der Waals surface area contributed by atoms with Crippen LogP contribution in [0.1, 0.15) is 20.8 Å². The molecule has 92 valence electrons. The SMILES string of the molecule is CCOC(=O)C(C)(N=Nc1nn[nH]n1)C(C)=O. The summed E-state index contributed by atoms with van der Waals surface area (Å²) in [6, 6.07) is 0. The summed E-state index contributed by atoms with van der Waals surface area (Å²) < 4.78 is 4.76. The van der Waals surface area contributed by atoms with Crippen molar-refractivity contribution in [3.05, 3.63) is 0 Å². The molecule has 0 saturated heterocycles. The topological polar surface area (TPSA) is 123 Å². The second-order valence-electron chi connectivity index (χ2n) is 3.26. The second kappa shape index (κ2) is 5.23. The van der Waals surface area contributed by atoms with Crippen molar-refractivity contribution in [3.8, 4) is 0 Å². The lowest BCUT2D eigenvalue weighted by molar-refractivity contribution is -0.152. The number of carbonyl (C=O) groups is 2.